The molecule has 1 amide bonds. The lowest BCUT2D eigenvalue weighted by molar-refractivity contribution is -0.115. The Balaban J connectivity index is 2.13. The molecule has 0 aliphatic carbocycles. The van der Waals surface area contributed by atoms with E-state index < -0.39 is 0 Å². The molecule has 0 unspecified atom stereocenters. The molecule has 5 heteroatoms. The van der Waals surface area contributed by atoms with Crippen LogP contribution < -0.4 is 5.32 Å². The van der Waals surface area contributed by atoms with Gasteiger partial charge in [-0.15, -0.1) is 0 Å². The zero-order valence-electron chi connectivity index (χ0n) is 10.9. The number of carbonyl (C=O) groups excluding carboxylic acids is 1. The summed E-state index contributed by atoms with van der Waals surface area (Å²) in [5.74, 6) is 0.0236. The minimum absolute atomic E-state index is 0.0236. The molecule has 2 N–H and O–H groups in total. The van der Waals surface area contributed by atoms with Gasteiger partial charge in [-0.25, -0.2) is 4.98 Å². The fourth-order valence-corrected chi connectivity index (χ4v) is 2.79. The molecule has 0 bridgehead atoms. The van der Waals surface area contributed by atoms with E-state index in [9.17, 15) is 4.79 Å². The molecule has 0 fully saturated rings. The average Bonchev–Trinajstić information content (AvgIpc) is 3.02. The lowest BCUT2D eigenvalue weighted by atomic mass is 9.98. The lowest BCUT2D eigenvalue weighted by Gasteiger charge is -2.11. The van der Waals surface area contributed by atoms with E-state index in [2.05, 4.69) is 20.3 Å². The molecule has 1 aliphatic rings. The van der Waals surface area contributed by atoms with Crippen molar-refractivity contribution in [3.8, 4) is 11.1 Å². The largest absolute Gasteiger partial charge is 0.345 e. The second kappa shape index (κ2) is 3.90. The third-order valence-electron chi connectivity index (χ3n) is 3.69. The fourth-order valence-electron chi connectivity index (χ4n) is 2.79. The van der Waals surface area contributed by atoms with Crippen LogP contribution in [0.15, 0.2) is 30.7 Å². The molecule has 3 heterocycles. The highest BCUT2D eigenvalue weighted by Crippen LogP contribution is 2.40. The Hall–Kier alpha value is -2.69. The van der Waals surface area contributed by atoms with Crippen molar-refractivity contribution in [1.82, 2.24) is 15.0 Å². The van der Waals surface area contributed by atoms with Crippen molar-refractivity contribution in [2.45, 2.75) is 13.3 Å². The Morgan fingerprint density at radius 1 is 1.30 bits per heavy atom. The minimum atomic E-state index is 0.0236. The Morgan fingerprint density at radius 2 is 2.20 bits per heavy atom. The van der Waals surface area contributed by atoms with Gasteiger partial charge < -0.3 is 10.3 Å². The Kier molecular flexibility index (Phi) is 2.18. The molecule has 0 atom stereocenters. The second-order valence-electron chi connectivity index (χ2n) is 4.95. The number of nitrogens with zero attached hydrogens (tertiary/aromatic N) is 2. The van der Waals surface area contributed by atoms with Crippen LogP contribution in [0.5, 0.6) is 0 Å². The number of aromatic nitrogens is 3. The summed E-state index contributed by atoms with van der Waals surface area (Å²) in [7, 11) is 0. The number of imidazole rings is 1. The Bertz CT molecular complexity index is 850. The van der Waals surface area contributed by atoms with Gasteiger partial charge in [-0.1, -0.05) is 6.07 Å². The van der Waals surface area contributed by atoms with E-state index in [1.54, 1.807) is 12.5 Å². The number of hydrogen-bond acceptors (Lipinski definition) is 3. The summed E-state index contributed by atoms with van der Waals surface area (Å²) in [6, 6.07) is 5.90. The Morgan fingerprint density at radius 3 is 3.05 bits per heavy atom. The third-order valence-corrected chi connectivity index (χ3v) is 3.69. The zero-order valence-corrected chi connectivity index (χ0v) is 10.9. The van der Waals surface area contributed by atoms with Crippen LogP contribution in [0.3, 0.4) is 0 Å². The van der Waals surface area contributed by atoms with Gasteiger partial charge in [-0.05, 0) is 24.6 Å². The topological polar surface area (TPSA) is 70.7 Å². The van der Waals surface area contributed by atoms with Crippen molar-refractivity contribution in [2.24, 2.45) is 0 Å². The minimum Gasteiger partial charge on any atom is -0.345 e. The molecule has 0 radical (unpaired) electrons. The first-order valence-corrected chi connectivity index (χ1v) is 6.45. The SMILES string of the molecule is Cc1ncccc1-c1c2c(cc3[nH]cnc13)CC(=O)N2. The van der Waals surface area contributed by atoms with E-state index in [1.165, 1.54) is 0 Å². The van der Waals surface area contributed by atoms with Gasteiger partial charge in [0.05, 0.1) is 29.5 Å². The highest BCUT2D eigenvalue weighted by Gasteiger charge is 2.25. The molecule has 5 nitrogen and oxygen atoms in total. The van der Waals surface area contributed by atoms with Crippen LogP contribution in [-0.4, -0.2) is 20.9 Å². The molecule has 98 valence electrons. The number of aryl methyl sites for hydroxylation is 1. The molecule has 0 saturated carbocycles. The third kappa shape index (κ3) is 1.46. The zero-order chi connectivity index (χ0) is 13.7. The van der Waals surface area contributed by atoms with Crippen molar-refractivity contribution in [2.75, 3.05) is 5.32 Å². The first kappa shape index (κ1) is 11.2. The van der Waals surface area contributed by atoms with Crippen molar-refractivity contribution in [3.05, 3.63) is 42.0 Å². The number of anilines is 1. The van der Waals surface area contributed by atoms with E-state index in [0.29, 0.717) is 6.42 Å². The Labute approximate surface area is 115 Å². The second-order valence-corrected chi connectivity index (χ2v) is 4.95. The maximum absolute atomic E-state index is 11.7. The average molecular weight is 264 g/mol. The van der Waals surface area contributed by atoms with Gasteiger partial charge in [0.15, 0.2) is 0 Å². The van der Waals surface area contributed by atoms with Crippen LogP contribution in [0, 0.1) is 6.92 Å². The predicted molar refractivity (Wildman–Crippen MR) is 76.4 cm³/mol. The molecule has 1 aromatic carbocycles. The molecule has 4 rings (SSSR count). The van der Waals surface area contributed by atoms with Gasteiger partial charge in [-0.3, -0.25) is 9.78 Å². The highest BCUT2D eigenvalue weighted by molar-refractivity contribution is 6.10. The van der Waals surface area contributed by atoms with E-state index in [-0.39, 0.29) is 5.91 Å². The number of amides is 1. The number of pyridine rings is 1. The normalized spacial score (nSPS) is 13.6. The van der Waals surface area contributed by atoms with Gasteiger partial charge in [0.1, 0.15) is 0 Å². The summed E-state index contributed by atoms with van der Waals surface area (Å²) in [6.45, 7) is 1.96. The van der Waals surface area contributed by atoms with Crippen LogP contribution in [0.1, 0.15) is 11.3 Å². The number of H-pyrrole nitrogens is 1. The van der Waals surface area contributed by atoms with Gasteiger partial charge in [0.25, 0.3) is 0 Å². The fraction of sp³-hybridized carbons (Fsp3) is 0.133. The predicted octanol–water partition coefficient (Wildman–Crippen LogP) is 2.43. The van der Waals surface area contributed by atoms with Crippen molar-refractivity contribution in [1.29, 1.82) is 0 Å². The molecule has 1 aliphatic heterocycles. The maximum atomic E-state index is 11.7. The lowest BCUT2D eigenvalue weighted by Crippen LogP contribution is -2.04. The van der Waals surface area contributed by atoms with Gasteiger partial charge in [-0.2, -0.15) is 0 Å². The molecule has 20 heavy (non-hydrogen) atoms. The summed E-state index contributed by atoms with van der Waals surface area (Å²) in [4.78, 5) is 23.6. The van der Waals surface area contributed by atoms with Crippen LogP contribution in [0.2, 0.25) is 0 Å². The highest BCUT2D eigenvalue weighted by atomic mass is 16.1. The smallest absolute Gasteiger partial charge is 0.228 e. The molecular weight excluding hydrogens is 252 g/mol. The molecule has 2 aromatic heterocycles. The monoisotopic (exact) mass is 264 g/mol. The number of carbonyl (C=O) groups is 1. The number of benzene rings is 1. The first-order chi connectivity index (χ1) is 9.74. The standard InChI is InChI=1S/C15H12N4O/c1-8-10(3-2-4-16-8)13-14-9(6-12(20)19-14)5-11-15(13)18-7-17-11/h2-5,7H,6H2,1H3,(H,17,18)(H,19,20). The number of aromatic amines is 1. The molecule has 0 spiro atoms. The van der Waals surface area contributed by atoms with E-state index >= 15 is 0 Å². The maximum Gasteiger partial charge on any atom is 0.228 e. The summed E-state index contributed by atoms with van der Waals surface area (Å²) in [6.07, 6.45) is 3.86. The van der Waals surface area contributed by atoms with Crippen LogP contribution >= 0.6 is 0 Å². The number of fused-ring (bicyclic) bond motifs is 2. The number of rotatable bonds is 1. The number of nitrogens with one attached hydrogen (secondary N) is 2. The molecular formula is C15H12N4O. The van der Waals surface area contributed by atoms with Crippen LogP contribution in [0.4, 0.5) is 5.69 Å². The van der Waals surface area contributed by atoms with Gasteiger partial charge >= 0.3 is 0 Å². The van der Waals surface area contributed by atoms with E-state index in [0.717, 1.165) is 39.1 Å². The van der Waals surface area contributed by atoms with Crippen LogP contribution in [0.25, 0.3) is 22.2 Å². The van der Waals surface area contributed by atoms with Crippen molar-refractivity contribution in [3.63, 3.8) is 0 Å². The molecule has 3 aromatic rings. The van der Waals surface area contributed by atoms with E-state index in [1.807, 2.05) is 25.1 Å². The van der Waals surface area contributed by atoms with Crippen LogP contribution in [-0.2, 0) is 11.2 Å². The molecule has 0 saturated heterocycles. The quantitative estimate of drug-likeness (QED) is 0.709. The number of hydrogen-bond donors (Lipinski definition) is 2. The summed E-state index contributed by atoms with van der Waals surface area (Å²) in [5.41, 5.74) is 6.56. The van der Waals surface area contributed by atoms with Gasteiger partial charge in [0, 0.05) is 23.0 Å². The summed E-state index contributed by atoms with van der Waals surface area (Å²) < 4.78 is 0. The van der Waals surface area contributed by atoms with Crippen molar-refractivity contribution < 1.29 is 4.79 Å². The van der Waals surface area contributed by atoms with Gasteiger partial charge in [0.2, 0.25) is 5.91 Å². The summed E-state index contributed by atoms with van der Waals surface area (Å²) in [5, 5.41) is 2.95. The van der Waals surface area contributed by atoms with Crippen molar-refractivity contribution >= 4 is 22.6 Å². The first-order valence-electron chi connectivity index (χ1n) is 6.45. The summed E-state index contributed by atoms with van der Waals surface area (Å²) >= 11 is 0. The van der Waals surface area contributed by atoms with E-state index in [4.69, 9.17) is 0 Å².